The van der Waals surface area contributed by atoms with Crippen LogP contribution < -0.4 is 9.88 Å². The van der Waals surface area contributed by atoms with E-state index in [1.807, 2.05) is 30.3 Å². The van der Waals surface area contributed by atoms with Crippen LogP contribution in [0.3, 0.4) is 0 Å². The number of anilines is 1. The fraction of sp³-hybridized carbons (Fsp3) is 0.100. The quantitative estimate of drug-likeness (QED) is 0.709. The van der Waals surface area contributed by atoms with Crippen LogP contribution >= 0.6 is 0 Å². The van der Waals surface area contributed by atoms with E-state index in [4.69, 9.17) is 0 Å². The number of amides is 1. The van der Waals surface area contributed by atoms with Crippen LogP contribution in [-0.4, -0.2) is 5.91 Å². The molecule has 3 aromatic rings. The smallest absolute Gasteiger partial charge is 0.290 e. The Morgan fingerprint density at radius 3 is 2.08 bits per heavy atom. The number of hydrogen-bond donors (Lipinski definition) is 1. The molecule has 25 heavy (non-hydrogen) atoms. The lowest BCUT2D eigenvalue weighted by atomic mass is 10.1. The summed E-state index contributed by atoms with van der Waals surface area (Å²) in [6, 6.07) is 17.4. The molecule has 5 heteroatoms. The molecule has 0 saturated heterocycles. The standard InChI is InChI=1S/C20H16F2N2O/c21-17-7-4-8-18(22)20(17)23-19(25)14-24-11-9-16(10-12-24)13-15-5-2-1-3-6-15/h1-12H,13-14H2/p+1. The van der Waals surface area contributed by atoms with Gasteiger partial charge in [0.05, 0.1) is 0 Å². The van der Waals surface area contributed by atoms with Crippen molar-refractivity contribution < 1.29 is 18.1 Å². The first kappa shape index (κ1) is 16.8. The van der Waals surface area contributed by atoms with E-state index >= 15 is 0 Å². The van der Waals surface area contributed by atoms with Crippen molar-refractivity contribution in [3.63, 3.8) is 0 Å². The van der Waals surface area contributed by atoms with Gasteiger partial charge in [0.25, 0.3) is 5.91 Å². The largest absolute Gasteiger partial charge is 0.316 e. The molecular weight excluding hydrogens is 322 g/mol. The monoisotopic (exact) mass is 339 g/mol. The fourth-order valence-corrected chi connectivity index (χ4v) is 2.51. The zero-order chi connectivity index (χ0) is 17.6. The number of nitrogens with zero attached hydrogens (tertiary/aromatic N) is 1. The van der Waals surface area contributed by atoms with Crippen molar-refractivity contribution in [2.24, 2.45) is 0 Å². The second-order valence-electron chi connectivity index (χ2n) is 5.69. The molecular formula is C20H17F2N2O+. The summed E-state index contributed by atoms with van der Waals surface area (Å²) in [5.41, 5.74) is 1.89. The normalized spacial score (nSPS) is 10.5. The van der Waals surface area contributed by atoms with Crippen LogP contribution in [0, 0.1) is 11.6 Å². The molecule has 0 radical (unpaired) electrons. The lowest BCUT2D eigenvalue weighted by Gasteiger charge is -2.06. The molecule has 126 valence electrons. The molecule has 0 atom stereocenters. The summed E-state index contributed by atoms with van der Waals surface area (Å²) in [7, 11) is 0. The summed E-state index contributed by atoms with van der Waals surface area (Å²) in [5.74, 6) is -2.09. The molecule has 1 aromatic heterocycles. The van der Waals surface area contributed by atoms with Gasteiger partial charge in [-0.15, -0.1) is 0 Å². The highest BCUT2D eigenvalue weighted by atomic mass is 19.1. The molecule has 1 heterocycles. The zero-order valence-corrected chi connectivity index (χ0v) is 13.5. The van der Waals surface area contributed by atoms with Gasteiger partial charge in [-0.3, -0.25) is 4.79 Å². The molecule has 3 nitrogen and oxygen atoms in total. The molecule has 1 amide bonds. The Balaban J connectivity index is 1.62. The molecule has 0 saturated carbocycles. The minimum Gasteiger partial charge on any atom is -0.316 e. The van der Waals surface area contributed by atoms with Gasteiger partial charge in [-0.1, -0.05) is 36.4 Å². The highest BCUT2D eigenvalue weighted by molar-refractivity contribution is 5.89. The Morgan fingerprint density at radius 2 is 1.44 bits per heavy atom. The SMILES string of the molecule is O=C(C[n+]1ccc(Cc2ccccc2)cc1)Nc1c(F)cccc1F. The van der Waals surface area contributed by atoms with E-state index in [9.17, 15) is 13.6 Å². The van der Waals surface area contributed by atoms with Gasteiger partial charge in [-0.25, -0.2) is 8.78 Å². The number of nitrogens with one attached hydrogen (secondary N) is 1. The van der Waals surface area contributed by atoms with Crippen LogP contribution in [-0.2, 0) is 17.8 Å². The second kappa shape index (κ2) is 7.66. The van der Waals surface area contributed by atoms with Crippen molar-refractivity contribution in [2.75, 3.05) is 5.32 Å². The van der Waals surface area contributed by atoms with Gasteiger partial charge in [-0.05, 0) is 29.7 Å². The van der Waals surface area contributed by atoms with Gasteiger partial charge in [0.15, 0.2) is 12.4 Å². The van der Waals surface area contributed by atoms with E-state index in [0.717, 1.165) is 24.1 Å². The third-order valence-electron chi connectivity index (χ3n) is 3.76. The lowest BCUT2D eigenvalue weighted by Crippen LogP contribution is -2.39. The predicted molar refractivity (Wildman–Crippen MR) is 90.9 cm³/mol. The number of hydrogen-bond acceptors (Lipinski definition) is 1. The molecule has 0 aliphatic heterocycles. The number of carbonyl (C=O) groups excluding carboxylic acids is 1. The van der Waals surface area contributed by atoms with Crippen LogP contribution in [0.4, 0.5) is 14.5 Å². The van der Waals surface area contributed by atoms with Crippen LogP contribution in [0.2, 0.25) is 0 Å². The summed E-state index contributed by atoms with van der Waals surface area (Å²) >= 11 is 0. The number of halogens is 2. The molecule has 0 fully saturated rings. The molecule has 0 unspecified atom stereocenters. The third-order valence-corrected chi connectivity index (χ3v) is 3.76. The van der Waals surface area contributed by atoms with E-state index in [0.29, 0.717) is 0 Å². The molecule has 2 aromatic carbocycles. The molecule has 1 N–H and O–H groups in total. The number of carbonyl (C=O) groups is 1. The summed E-state index contributed by atoms with van der Waals surface area (Å²) in [4.78, 5) is 12.0. The molecule has 3 rings (SSSR count). The average molecular weight is 339 g/mol. The Hall–Kier alpha value is -3.08. The van der Waals surface area contributed by atoms with Crippen molar-refractivity contribution in [1.82, 2.24) is 0 Å². The van der Waals surface area contributed by atoms with E-state index in [-0.39, 0.29) is 6.54 Å². The van der Waals surface area contributed by atoms with Crippen LogP contribution in [0.15, 0.2) is 73.1 Å². The van der Waals surface area contributed by atoms with Crippen LogP contribution in [0.1, 0.15) is 11.1 Å². The second-order valence-corrected chi connectivity index (χ2v) is 5.69. The summed E-state index contributed by atoms with van der Waals surface area (Å²) < 4.78 is 28.8. The van der Waals surface area contributed by atoms with Gasteiger partial charge in [0, 0.05) is 12.1 Å². The Labute approximate surface area is 144 Å². The highest BCUT2D eigenvalue weighted by Gasteiger charge is 2.15. The number of para-hydroxylation sites is 1. The van der Waals surface area contributed by atoms with E-state index in [1.54, 1.807) is 17.0 Å². The molecule has 0 bridgehead atoms. The summed E-state index contributed by atoms with van der Waals surface area (Å²) in [6.07, 6.45) is 4.35. The molecule has 0 spiro atoms. The number of pyridine rings is 1. The van der Waals surface area contributed by atoms with Gasteiger partial charge in [0.1, 0.15) is 17.3 Å². The van der Waals surface area contributed by atoms with E-state index < -0.39 is 23.2 Å². The van der Waals surface area contributed by atoms with E-state index in [2.05, 4.69) is 17.4 Å². The van der Waals surface area contributed by atoms with Gasteiger partial charge in [-0.2, -0.15) is 4.57 Å². The van der Waals surface area contributed by atoms with Gasteiger partial charge < -0.3 is 5.32 Å². The first-order valence-electron chi connectivity index (χ1n) is 7.87. The zero-order valence-electron chi connectivity index (χ0n) is 13.5. The first-order valence-corrected chi connectivity index (χ1v) is 7.87. The van der Waals surface area contributed by atoms with Crippen molar-refractivity contribution in [3.05, 3.63) is 95.8 Å². The predicted octanol–water partition coefficient (Wildman–Crippen LogP) is 3.48. The van der Waals surface area contributed by atoms with E-state index in [1.165, 1.54) is 11.6 Å². The van der Waals surface area contributed by atoms with Gasteiger partial charge >= 0.3 is 0 Å². The van der Waals surface area contributed by atoms with Gasteiger partial charge in [0.2, 0.25) is 6.54 Å². The van der Waals surface area contributed by atoms with Crippen LogP contribution in [0.25, 0.3) is 0 Å². The van der Waals surface area contributed by atoms with Crippen LogP contribution in [0.5, 0.6) is 0 Å². The maximum atomic E-state index is 13.5. The molecule has 0 aliphatic rings. The fourth-order valence-electron chi connectivity index (χ4n) is 2.51. The Morgan fingerprint density at radius 1 is 0.840 bits per heavy atom. The summed E-state index contributed by atoms with van der Waals surface area (Å²) in [6.45, 7) is -0.0284. The highest BCUT2D eigenvalue weighted by Crippen LogP contribution is 2.17. The van der Waals surface area contributed by atoms with Crippen molar-refractivity contribution in [2.45, 2.75) is 13.0 Å². The van der Waals surface area contributed by atoms with Crippen molar-refractivity contribution in [1.29, 1.82) is 0 Å². The lowest BCUT2D eigenvalue weighted by molar-refractivity contribution is -0.684. The maximum absolute atomic E-state index is 13.5. The van der Waals surface area contributed by atoms with Crippen molar-refractivity contribution in [3.8, 4) is 0 Å². The third kappa shape index (κ3) is 4.47. The number of benzene rings is 2. The number of rotatable bonds is 5. The minimum absolute atomic E-state index is 0.0284. The average Bonchev–Trinajstić information content (AvgIpc) is 2.61. The number of aromatic nitrogens is 1. The first-order chi connectivity index (χ1) is 12.1. The summed E-state index contributed by atoms with van der Waals surface area (Å²) in [5, 5.41) is 2.27. The maximum Gasteiger partial charge on any atom is 0.290 e. The van der Waals surface area contributed by atoms with Crippen molar-refractivity contribution >= 4 is 11.6 Å². The minimum atomic E-state index is -0.795. The Kier molecular flexibility index (Phi) is 5.14. The topological polar surface area (TPSA) is 33.0 Å². The Bertz CT molecular complexity index is 844. The molecule has 0 aliphatic carbocycles.